The van der Waals surface area contributed by atoms with Gasteiger partial charge in [-0.15, -0.1) is 0 Å². The number of hydrogen-bond donors (Lipinski definition) is 3. The Morgan fingerprint density at radius 1 is 1.22 bits per heavy atom. The molecular formula is C22H29N7O3. The summed E-state index contributed by atoms with van der Waals surface area (Å²) in [5, 5.41) is 7.20. The molecule has 170 valence electrons. The topological polar surface area (TPSA) is 137 Å². The summed E-state index contributed by atoms with van der Waals surface area (Å²) in [5.74, 6) is 0.701. The number of rotatable bonds is 10. The van der Waals surface area contributed by atoms with Gasteiger partial charge >= 0.3 is 0 Å². The second-order valence-electron chi connectivity index (χ2n) is 8.38. The second kappa shape index (κ2) is 10.2. The van der Waals surface area contributed by atoms with E-state index in [4.69, 9.17) is 15.5 Å². The van der Waals surface area contributed by atoms with Gasteiger partial charge in [-0.3, -0.25) is 9.59 Å². The van der Waals surface area contributed by atoms with E-state index in [1.807, 2.05) is 32.9 Å². The fourth-order valence-corrected chi connectivity index (χ4v) is 3.17. The zero-order chi connectivity index (χ0) is 23.1. The van der Waals surface area contributed by atoms with Gasteiger partial charge in [0.05, 0.1) is 17.7 Å². The summed E-state index contributed by atoms with van der Waals surface area (Å²) < 4.78 is 7.13. The minimum Gasteiger partial charge on any atom is -0.380 e. The van der Waals surface area contributed by atoms with Crippen LogP contribution in [0.4, 0.5) is 11.8 Å². The number of carbonyl (C=O) groups excluding carboxylic acids is 1. The lowest BCUT2D eigenvalue weighted by molar-refractivity contribution is -0.109. The minimum absolute atomic E-state index is 0.121. The fraction of sp³-hybridized carbons (Fsp3) is 0.409. The van der Waals surface area contributed by atoms with Crippen molar-refractivity contribution >= 4 is 28.9 Å². The molecule has 0 aromatic carbocycles. The number of anilines is 2. The molecular weight excluding hydrogens is 410 g/mol. The monoisotopic (exact) mass is 439 g/mol. The van der Waals surface area contributed by atoms with Crippen molar-refractivity contribution in [3.8, 4) is 11.3 Å². The van der Waals surface area contributed by atoms with Crippen LogP contribution in [0.5, 0.6) is 0 Å². The van der Waals surface area contributed by atoms with Crippen LogP contribution in [0.2, 0.25) is 0 Å². The molecule has 0 radical (unpaired) electrons. The predicted octanol–water partition coefficient (Wildman–Crippen LogP) is 1.80. The highest BCUT2D eigenvalue weighted by Gasteiger charge is 2.18. The van der Waals surface area contributed by atoms with Crippen LogP contribution < -0.4 is 21.9 Å². The van der Waals surface area contributed by atoms with Gasteiger partial charge in [0.15, 0.2) is 0 Å². The molecule has 0 saturated carbocycles. The van der Waals surface area contributed by atoms with Crippen LogP contribution in [0.1, 0.15) is 27.2 Å². The van der Waals surface area contributed by atoms with E-state index in [1.165, 1.54) is 0 Å². The Bertz CT molecular complexity index is 1120. The third kappa shape index (κ3) is 6.01. The van der Waals surface area contributed by atoms with Gasteiger partial charge in [-0.05, 0) is 44.7 Å². The molecule has 10 nitrogen and oxygen atoms in total. The molecule has 0 bridgehead atoms. The van der Waals surface area contributed by atoms with E-state index in [0.29, 0.717) is 61.6 Å². The van der Waals surface area contributed by atoms with Gasteiger partial charge in [0.2, 0.25) is 12.4 Å². The van der Waals surface area contributed by atoms with E-state index >= 15 is 0 Å². The van der Waals surface area contributed by atoms with E-state index < -0.39 is 0 Å². The molecule has 10 heteroatoms. The maximum absolute atomic E-state index is 13.3. The summed E-state index contributed by atoms with van der Waals surface area (Å²) in [5.41, 5.74) is 6.54. The van der Waals surface area contributed by atoms with Crippen molar-refractivity contribution < 1.29 is 9.53 Å². The third-order valence-corrected chi connectivity index (χ3v) is 4.58. The van der Waals surface area contributed by atoms with Crippen LogP contribution in [0.25, 0.3) is 22.0 Å². The van der Waals surface area contributed by atoms with Crippen molar-refractivity contribution in [2.45, 2.75) is 39.3 Å². The average molecular weight is 440 g/mol. The van der Waals surface area contributed by atoms with Gasteiger partial charge in [0, 0.05) is 49.4 Å². The zero-order valence-corrected chi connectivity index (χ0v) is 18.6. The summed E-state index contributed by atoms with van der Waals surface area (Å²) in [6, 6.07) is 3.76. The van der Waals surface area contributed by atoms with Crippen LogP contribution in [0.15, 0.2) is 35.5 Å². The van der Waals surface area contributed by atoms with Gasteiger partial charge < -0.3 is 25.7 Å². The number of hydrogen-bond acceptors (Lipinski definition) is 8. The smallest absolute Gasteiger partial charge is 0.262 e. The largest absolute Gasteiger partial charge is 0.380 e. The van der Waals surface area contributed by atoms with Gasteiger partial charge in [0.25, 0.3) is 5.56 Å². The minimum atomic E-state index is -0.299. The molecule has 0 aliphatic carbocycles. The number of ether oxygens (including phenoxy) is 1. The highest BCUT2D eigenvalue weighted by Crippen LogP contribution is 2.27. The maximum Gasteiger partial charge on any atom is 0.262 e. The standard InChI is InChI=1S/C22H29N7O3/c1-22(2,3)28-19-18-15(11-17(27-19)16-12-25-21(23)26-13-16)5-8-29(20(18)31)7-4-9-32-10-6-24-14-30/h5,8,11-14H,4,6-7,9-10H2,1-3H3,(H,24,30)(H,27,28)(H2,23,25,26). The van der Waals surface area contributed by atoms with E-state index in [9.17, 15) is 9.59 Å². The Labute approximate surface area is 186 Å². The molecule has 3 heterocycles. The molecule has 0 unspecified atom stereocenters. The summed E-state index contributed by atoms with van der Waals surface area (Å²) >= 11 is 0. The van der Waals surface area contributed by atoms with Crippen molar-refractivity contribution in [3.63, 3.8) is 0 Å². The third-order valence-electron chi connectivity index (χ3n) is 4.58. The Kier molecular flexibility index (Phi) is 7.37. The number of fused-ring (bicyclic) bond motifs is 1. The highest BCUT2D eigenvalue weighted by molar-refractivity contribution is 5.94. The maximum atomic E-state index is 13.3. The first-order chi connectivity index (χ1) is 15.3. The van der Waals surface area contributed by atoms with E-state index in [1.54, 1.807) is 23.2 Å². The summed E-state index contributed by atoms with van der Waals surface area (Å²) in [6.07, 6.45) is 6.32. The number of amides is 1. The number of nitrogens with zero attached hydrogens (tertiary/aromatic N) is 4. The molecule has 0 aliphatic heterocycles. The van der Waals surface area contributed by atoms with Gasteiger partial charge in [-0.25, -0.2) is 15.0 Å². The summed E-state index contributed by atoms with van der Waals surface area (Å²) in [7, 11) is 0. The van der Waals surface area contributed by atoms with E-state index in [2.05, 4.69) is 20.6 Å². The van der Waals surface area contributed by atoms with Crippen LogP contribution in [0.3, 0.4) is 0 Å². The SMILES string of the molecule is CC(C)(C)Nc1nc(-c2cnc(N)nc2)cc2ccn(CCCOCCNC=O)c(=O)c12. The number of nitrogens with two attached hydrogens (primary N) is 1. The highest BCUT2D eigenvalue weighted by atomic mass is 16.5. The Hall–Kier alpha value is -3.53. The first-order valence-electron chi connectivity index (χ1n) is 10.4. The Morgan fingerprint density at radius 3 is 2.66 bits per heavy atom. The molecule has 0 saturated heterocycles. The molecule has 3 rings (SSSR count). The predicted molar refractivity (Wildman–Crippen MR) is 124 cm³/mol. The van der Waals surface area contributed by atoms with E-state index in [-0.39, 0.29) is 17.0 Å². The molecule has 0 atom stereocenters. The van der Waals surface area contributed by atoms with Gasteiger partial charge in [-0.1, -0.05) is 0 Å². The first-order valence-corrected chi connectivity index (χ1v) is 10.4. The first kappa shape index (κ1) is 23.1. The van der Waals surface area contributed by atoms with Gasteiger partial charge in [-0.2, -0.15) is 0 Å². The van der Waals surface area contributed by atoms with Crippen molar-refractivity contribution in [1.29, 1.82) is 0 Å². The van der Waals surface area contributed by atoms with E-state index in [0.717, 1.165) is 5.39 Å². The van der Waals surface area contributed by atoms with Crippen molar-refractivity contribution in [2.24, 2.45) is 0 Å². The lowest BCUT2D eigenvalue weighted by Gasteiger charge is -2.23. The number of carbonyl (C=O) groups is 1. The number of aryl methyl sites for hydroxylation is 1. The molecule has 1 amide bonds. The lowest BCUT2D eigenvalue weighted by atomic mass is 10.1. The van der Waals surface area contributed by atoms with Crippen LogP contribution in [-0.2, 0) is 16.1 Å². The zero-order valence-electron chi connectivity index (χ0n) is 18.6. The quantitative estimate of drug-likeness (QED) is 0.321. The number of nitrogens with one attached hydrogen (secondary N) is 2. The average Bonchev–Trinajstić information content (AvgIpc) is 2.73. The normalized spacial score (nSPS) is 11.5. The number of pyridine rings is 2. The molecule has 4 N–H and O–H groups in total. The molecule has 0 fully saturated rings. The molecule has 0 aliphatic rings. The second-order valence-corrected chi connectivity index (χ2v) is 8.38. The lowest BCUT2D eigenvalue weighted by Crippen LogP contribution is -2.29. The fourth-order valence-electron chi connectivity index (χ4n) is 3.17. The van der Waals surface area contributed by atoms with Gasteiger partial charge in [0.1, 0.15) is 5.82 Å². The number of aromatic nitrogens is 4. The molecule has 3 aromatic rings. The van der Waals surface area contributed by atoms with Crippen molar-refractivity contribution in [3.05, 3.63) is 41.1 Å². The van der Waals surface area contributed by atoms with Crippen LogP contribution in [-0.4, -0.2) is 51.2 Å². The van der Waals surface area contributed by atoms with Crippen molar-refractivity contribution in [1.82, 2.24) is 24.8 Å². The van der Waals surface area contributed by atoms with Crippen LogP contribution >= 0.6 is 0 Å². The Morgan fingerprint density at radius 2 is 1.97 bits per heavy atom. The molecule has 0 spiro atoms. The summed E-state index contributed by atoms with van der Waals surface area (Å²) in [6.45, 7) is 7.94. The van der Waals surface area contributed by atoms with Crippen molar-refractivity contribution in [2.75, 3.05) is 30.8 Å². The Balaban J connectivity index is 1.90. The van der Waals surface area contributed by atoms with Crippen LogP contribution in [0, 0.1) is 0 Å². The summed E-state index contributed by atoms with van der Waals surface area (Å²) in [4.78, 5) is 36.3. The number of nitrogen functional groups attached to an aromatic ring is 1. The molecule has 32 heavy (non-hydrogen) atoms. The molecule has 3 aromatic heterocycles.